The van der Waals surface area contributed by atoms with Crippen molar-refractivity contribution in [1.29, 1.82) is 0 Å². The van der Waals surface area contributed by atoms with Crippen molar-refractivity contribution in [2.24, 2.45) is 5.73 Å². The highest BCUT2D eigenvalue weighted by Gasteiger charge is 2.08. The van der Waals surface area contributed by atoms with Crippen LogP contribution in [0.2, 0.25) is 0 Å². The van der Waals surface area contributed by atoms with Crippen molar-refractivity contribution < 1.29 is 9.18 Å². The third kappa shape index (κ3) is 7.46. The zero-order chi connectivity index (χ0) is 14.1. The molecule has 0 aliphatic heterocycles. The Morgan fingerprint density at radius 3 is 2.35 bits per heavy atom. The minimum absolute atomic E-state index is 0. The number of hydrogen-bond acceptors (Lipinski definition) is 2. The molecule has 0 spiro atoms. The summed E-state index contributed by atoms with van der Waals surface area (Å²) >= 11 is 0. The Morgan fingerprint density at radius 1 is 1.15 bits per heavy atom. The lowest BCUT2D eigenvalue weighted by Crippen LogP contribution is -2.25. The fourth-order valence-corrected chi connectivity index (χ4v) is 1.92. The van der Waals surface area contributed by atoms with E-state index >= 15 is 0 Å². The van der Waals surface area contributed by atoms with Crippen molar-refractivity contribution in [2.45, 2.75) is 38.6 Å². The molecule has 114 valence electrons. The Bertz CT molecular complexity index is 384. The molecule has 0 unspecified atom stereocenters. The van der Waals surface area contributed by atoms with Crippen molar-refractivity contribution >= 4 is 18.3 Å². The summed E-state index contributed by atoms with van der Waals surface area (Å²) < 4.78 is 12.8. The monoisotopic (exact) mass is 302 g/mol. The number of unbranched alkanes of at least 4 members (excludes halogenated alkanes) is 3. The number of nitrogens with two attached hydrogens (primary N) is 1. The molecule has 0 aliphatic carbocycles. The Labute approximate surface area is 126 Å². The predicted octanol–water partition coefficient (Wildman–Crippen LogP) is 3.12. The Kier molecular flexibility index (Phi) is 10.0. The Balaban J connectivity index is 0.00000361. The first-order chi connectivity index (χ1) is 9.13. The van der Waals surface area contributed by atoms with Crippen molar-refractivity contribution in [3.8, 4) is 0 Å². The minimum Gasteiger partial charge on any atom is -0.341 e. The summed E-state index contributed by atoms with van der Waals surface area (Å²) in [5.74, 6) is -0.116. The van der Waals surface area contributed by atoms with Gasteiger partial charge in [0.25, 0.3) is 0 Å². The molecule has 2 N–H and O–H groups in total. The van der Waals surface area contributed by atoms with Gasteiger partial charge in [0.05, 0.1) is 0 Å². The topological polar surface area (TPSA) is 46.3 Å². The van der Waals surface area contributed by atoms with Crippen LogP contribution in [0.3, 0.4) is 0 Å². The van der Waals surface area contributed by atoms with Crippen molar-refractivity contribution in [1.82, 2.24) is 4.90 Å². The molecule has 0 heterocycles. The summed E-state index contributed by atoms with van der Waals surface area (Å²) in [4.78, 5) is 13.6. The largest absolute Gasteiger partial charge is 0.341 e. The van der Waals surface area contributed by atoms with E-state index in [-0.39, 0.29) is 24.1 Å². The van der Waals surface area contributed by atoms with Gasteiger partial charge in [-0.3, -0.25) is 4.79 Å². The maximum Gasteiger partial charge on any atom is 0.222 e. The van der Waals surface area contributed by atoms with Gasteiger partial charge in [-0.15, -0.1) is 12.4 Å². The summed E-state index contributed by atoms with van der Waals surface area (Å²) in [5, 5.41) is 0. The summed E-state index contributed by atoms with van der Waals surface area (Å²) in [7, 11) is 1.78. The molecule has 20 heavy (non-hydrogen) atoms. The second-order valence-corrected chi connectivity index (χ2v) is 4.83. The quantitative estimate of drug-likeness (QED) is 0.750. The zero-order valence-electron chi connectivity index (χ0n) is 12.0. The van der Waals surface area contributed by atoms with Crippen LogP contribution in [0.15, 0.2) is 24.3 Å². The van der Waals surface area contributed by atoms with Crippen LogP contribution in [0.25, 0.3) is 0 Å². The fraction of sp³-hybridized carbons (Fsp3) is 0.533. The average molecular weight is 303 g/mol. The van der Waals surface area contributed by atoms with E-state index in [1.165, 1.54) is 12.1 Å². The van der Waals surface area contributed by atoms with Crippen LogP contribution in [-0.2, 0) is 11.3 Å². The van der Waals surface area contributed by atoms with Crippen molar-refractivity contribution in [3.05, 3.63) is 35.6 Å². The molecule has 0 aromatic heterocycles. The number of carbonyl (C=O) groups is 1. The molecule has 5 heteroatoms. The van der Waals surface area contributed by atoms with Crippen LogP contribution >= 0.6 is 12.4 Å². The lowest BCUT2D eigenvalue weighted by atomic mass is 10.1. The Morgan fingerprint density at radius 2 is 1.75 bits per heavy atom. The van der Waals surface area contributed by atoms with Gasteiger partial charge in [0.15, 0.2) is 0 Å². The summed E-state index contributed by atoms with van der Waals surface area (Å²) in [6.07, 6.45) is 4.65. The van der Waals surface area contributed by atoms with Crippen LogP contribution < -0.4 is 5.73 Å². The molecule has 0 bridgehead atoms. The number of amides is 1. The van der Waals surface area contributed by atoms with E-state index in [4.69, 9.17) is 5.73 Å². The first-order valence-corrected chi connectivity index (χ1v) is 6.82. The summed E-state index contributed by atoms with van der Waals surface area (Å²) in [5.41, 5.74) is 6.36. The van der Waals surface area contributed by atoms with Gasteiger partial charge in [0.1, 0.15) is 5.82 Å². The molecule has 0 radical (unpaired) electrons. The van der Waals surface area contributed by atoms with Crippen LogP contribution in [-0.4, -0.2) is 24.4 Å². The normalized spacial score (nSPS) is 9.95. The number of nitrogens with zero attached hydrogens (tertiary/aromatic N) is 1. The van der Waals surface area contributed by atoms with Gasteiger partial charge in [0, 0.05) is 20.0 Å². The summed E-state index contributed by atoms with van der Waals surface area (Å²) in [6.45, 7) is 1.25. The molecule has 3 nitrogen and oxygen atoms in total. The molecule has 0 saturated carbocycles. The molecule has 1 amide bonds. The third-order valence-electron chi connectivity index (χ3n) is 3.10. The summed E-state index contributed by atoms with van der Waals surface area (Å²) in [6, 6.07) is 6.25. The van der Waals surface area contributed by atoms with E-state index < -0.39 is 0 Å². The molecule has 1 rings (SSSR count). The van der Waals surface area contributed by atoms with Crippen LogP contribution in [0.1, 0.15) is 37.7 Å². The molecule has 0 saturated heterocycles. The van der Waals surface area contributed by atoms with Crippen molar-refractivity contribution in [3.63, 3.8) is 0 Å². The second-order valence-electron chi connectivity index (χ2n) is 4.83. The fourth-order valence-electron chi connectivity index (χ4n) is 1.92. The van der Waals surface area contributed by atoms with Crippen LogP contribution in [0.5, 0.6) is 0 Å². The van der Waals surface area contributed by atoms with Gasteiger partial charge in [-0.1, -0.05) is 25.0 Å². The van der Waals surface area contributed by atoms with E-state index in [0.29, 0.717) is 13.0 Å². The minimum atomic E-state index is -0.252. The standard InChI is InChI=1S/C15H23FN2O.ClH/c1-18(12-13-7-9-14(16)10-8-13)15(19)6-4-2-3-5-11-17;/h7-10H,2-6,11-12,17H2,1H3;1H. The molecule has 0 aliphatic rings. The van der Waals surface area contributed by atoms with Gasteiger partial charge in [-0.2, -0.15) is 0 Å². The number of halogens is 2. The molecule has 0 fully saturated rings. The molecule has 1 aromatic carbocycles. The van der Waals surface area contributed by atoms with Gasteiger partial charge in [0.2, 0.25) is 5.91 Å². The van der Waals surface area contributed by atoms with E-state index in [1.807, 2.05) is 0 Å². The van der Waals surface area contributed by atoms with E-state index in [9.17, 15) is 9.18 Å². The maximum absolute atomic E-state index is 12.8. The lowest BCUT2D eigenvalue weighted by Gasteiger charge is -2.17. The van der Waals surface area contributed by atoms with Gasteiger partial charge >= 0.3 is 0 Å². The molecule has 1 aromatic rings. The second kappa shape index (κ2) is 10.6. The molecule has 0 atom stereocenters. The highest BCUT2D eigenvalue weighted by molar-refractivity contribution is 5.85. The first-order valence-electron chi connectivity index (χ1n) is 6.82. The first kappa shape index (κ1) is 18.9. The van der Waals surface area contributed by atoms with Gasteiger partial charge in [-0.05, 0) is 37.1 Å². The highest BCUT2D eigenvalue weighted by Crippen LogP contribution is 2.09. The number of benzene rings is 1. The van der Waals surface area contributed by atoms with Crippen LogP contribution in [0, 0.1) is 5.82 Å². The Hall–Kier alpha value is -1.13. The smallest absolute Gasteiger partial charge is 0.222 e. The number of rotatable bonds is 8. The van der Waals surface area contributed by atoms with Gasteiger partial charge in [-0.25, -0.2) is 4.39 Å². The van der Waals surface area contributed by atoms with Crippen molar-refractivity contribution in [2.75, 3.05) is 13.6 Å². The van der Waals surface area contributed by atoms with Crippen LogP contribution in [0.4, 0.5) is 4.39 Å². The average Bonchev–Trinajstić information content (AvgIpc) is 2.41. The number of carbonyl (C=O) groups excluding carboxylic acids is 1. The van der Waals surface area contributed by atoms with E-state index in [2.05, 4.69) is 0 Å². The highest BCUT2D eigenvalue weighted by atomic mass is 35.5. The predicted molar refractivity (Wildman–Crippen MR) is 82.3 cm³/mol. The van der Waals surface area contributed by atoms with E-state index in [0.717, 1.165) is 37.8 Å². The van der Waals surface area contributed by atoms with Gasteiger partial charge < -0.3 is 10.6 Å². The SMILES string of the molecule is CN(Cc1ccc(F)cc1)C(=O)CCCCCCN.Cl. The van der Waals surface area contributed by atoms with E-state index in [1.54, 1.807) is 24.1 Å². The maximum atomic E-state index is 12.8. The lowest BCUT2D eigenvalue weighted by molar-refractivity contribution is -0.130. The molecular formula is C15H24ClFN2O. The molecular weight excluding hydrogens is 279 g/mol. The number of hydrogen-bond donors (Lipinski definition) is 1. The third-order valence-corrected chi connectivity index (χ3v) is 3.10. The zero-order valence-corrected chi connectivity index (χ0v) is 12.8.